The summed E-state index contributed by atoms with van der Waals surface area (Å²) in [5, 5.41) is 1.37. The van der Waals surface area contributed by atoms with Crippen LogP contribution in [0.2, 0.25) is 0 Å². The number of hydrogen-bond acceptors (Lipinski definition) is 1. The van der Waals surface area contributed by atoms with E-state index in [0.717, 1.165) is 19.8 Å². The lowest BCUT2D eigenvalue weighted by molar-refractivity contribution is -0.881. The summed E-state index contributed by atoms with van der Waals surface area (Å²) in [5.74, 6) is 0. The topological polar surface area (TPSA) is 3.24 Å². The fourth-order valence-corrected chi connectivity index (χ4v) is 3.43. The van der Waals surface area contributed by atoms with Gasteiger partial charge in [-0.2, -0.15) is 0 Å². The maximum absolute atomic E-state index is 6.56. The molecular formula is C18H19Cl2N2+. The zero-order chi connectivity index (χ0) is 15.6. The third kappa shape index (κ3) is 3.14. The van der Waals surface area contributed by atoms with E-state index >= 15 is 0 Å². The second kappa shape index (κ2) is 6.33. The molecule has 1 atom stereocenters. The van der Waals surface area contributed by atoms with Crippen LogP contribution in [0.25, 0.3) is 0 Å². The Balaban J connectivity index is 1.78. The predicted molar refractivity (Wildman–Crippen MR) is 91.9 cm³/mol. The van der Waals surface area contributed by atoms with Crippen LogP contribution in [0.15, 0.2) is 71.0 Å². The van der Waals surface area contributed by atoms with Gasteiger partial charge in [-0.25, -0.2) is 0 Å². The zero-order valence-corrected chi connectivity index (χ0v) is 14.1. The first-order valence-electron chi connectivity index (χ1n) is 7.32. The van der Waals surface area contributed by atoms with Crippen LogP contribution in [0.3, 0.4) is 0 Å². The Kier molecular flexibility index (Phi) is 4.44. The summed E-state index contributed by atoms with van der Waals surface area (Å²) in [5.41, 5.74) is 2.49. The first kappa shape index (κ1) is 15.4. The Morgan fingerprint density at radius 3 is 2.05 bits per heavy atom. The fourth-order valence-electron chi connectivity index (χ4n) is 2.88. The lowest BCUT2D eigenvalue weighted by atomic mass is 10.2. The summed E-state index contributed by atoms with van der Waals surface area (Å²) >= 11 is 13.0. The van der Waals surface area contributed by atoms with E-state index in [1.807, 2.05) is 24.3 Å². The van der Waals surface area contributed by atoms with Crippen molar-refractivity contribution in [3.05, 3.63) is 82.1 Å². The van der Waals surface area contributed by atoms with Gasteiger partial charge in [0, 0.05) is 12.1 Å². The second-order valence-electron chi connectivity index (χ2n) is 5.95. The number of nitrogens with zero attached hydrogens (tertiary/aromatic N) is 2. The highest BCUT2D eigenvalue weighted by atomic mass is 35.5. The molecule has 0 bridgehead atoms. The normalized spacial score (nSPS) is 21.5. The molecule has 1 aliphatic rings. The van der Waals surface area contributed by atoms with Gasteiger partial charge in [-0.05, 0) is 17.2 Å². The predicted octanol–water partition coefficient (Wildman–Crippen LogP) is 4.71. The van der Waals surface area contributed by atoms with Crippen molar-refractivity contribution in [1.82, 2.24) is 4.90 Å². The summed E-state index contributed by atoms with van der Waals surface area (Å²) in [6.45, 7) is 2.39. The number of rotatable bonds is 4. The Morgan fingerprint density at radius 1 is 0.909 bits per heavy atom. The van der Waals surface area contributed by atoms with Gasteiger partial charge in [0.2, 0.25) is 5.16 Å². The summed E-state index contributed by atoms with van der Waals surface area (Å²) in [7, 11) is 2.13. The molecular weight excluding hydrogens is 315 g/mol. The van der Waals surface area contributed by atoms with E-state index in [-0.39, 0.29) is 0 Å². The first-order chi connectivity index (χ1) is 10.6. The lowest BCUT2D eigenvalue weighted by Crippen LogP contribution is -2.42. The van der Waals surface area contributed by atoms with Gasteiger partial charge in [0.25, 0.3) is 0 Å². The Morgan fingerprint density at radius 2 is 1.45 bits per heavy atom. The van der Waals surface area contributed by atoms with Crippen LogP contribution < -0.4 is 0 Å². The molecule has 0 amide bonds. The Bertz CT molecular complexity index is 670. The van der Waals surface area contributed by atoms with Crippen molar-refractivity contribution in [3.8, 4) is 0 Å². The monoisotopic (exact) mass is 333 g/mol. The minimum atomic E-state index is 0.608. The SMILES string of the molecule is C[N+]1(Cc2ccccc2)CN(Cc2ccccc2)C(Cl)=C1Cl. The van der Waals surface area contributed by atoms with Crippen molar-refractivity contribution in [2.24, 2.45) is 0 Å². The molecule has 1 aliphatic heterocycles. The van der Waals surface area contributed by atoms with E-state index in [1.54, 1.807) is 0 Å². The van der Waals surface area contributed by atoms with E-state index in [2.05, 4.69) is 48.3 Å². The summed E-state index contributed by atoms with van der Waals surface area (Å²) in [4.78, 5) is 2.14. The van der Waals surface area contributed by atoms with E-state index in [4.69, 9.17) is 23.2 Å². The standard InChI is InChI=1S/C18H19Cl2N2/c1-22(13-16-10-6-3-7-11-16)14-21(17(19)18(22)20)12-15-8-4-2-5-9-15/h2-11H,12-14H2,1H3/q+1. The number of quaternary nitrogens is 1. The van der Waals surface area contributed by atoms with Gasteiger partial charge in [0.15, 0.2) is 11.8 Å². The number of halogens is 2. The highest BCUT2D eigenvalue weighted by Gasteiger charge is 2.40. The van der Waals surface area contributed by atoms with Gasteiger partial charge in [-0.15, -0.1) is 0 Å². The molecule has 114 valence electrons. The van der Waals surface area contributed by atoms with E-state index < -0.39 is 0 Å². The van der Waals surface area contributed by atoms with Crippen LogP contribution in [0, 0.1) is 0 Å². The molecule has 0 saturated heterocycles. The zero-order valence-electron chi connectivity index (χ0n) is 12.5. The molecule has 4 heteroatoms. The molecule has 0 aromatic heterocycles. The summed E-state index contributed by atoms with van der Waals surface area (Å²) < 4.78 is 0.608. The highest BCUT2D eigenvalue weighted by Crippen LogP contribution is 2.37. The van der Waals surface area contributed by atoms with E-state index in [9.17, 15) is 0 Å². The van der Waals surface area contributed by atoms with Gasteiger partial charge in [0.1, 0.15) is 6.54 Å². The van der Waals surface area contributed by atoms with Gasteiger partial charge >= 0.3 is 0 Å². The molecule has 2 aromatic rings. The fraction of sp³-hybridized carbons (Fsp3) is 0.222. The molecule has 1 heterocycles. The van der Waals surface area contributed by atoms with Crippen molar-refractivity contribution in [1.29, 1.82) is 0 Å². The molecule has 22 heavy (non-hydrogen) atoms. The quantitative estimate of drug-likeness (QED) is 0.578. The van der Waals surface area contributed by atoms with E-state index in [1.165, 1.54) is 11.1 Å². The molecule has 0 radical (unpaired) electrons. The van der Waals surface area contributed by atoms with Crippen LogP contribution in [0.5, 0.6) is 0 Å². The van der Waals surface area contributed by atoms with Crippen molar-refractivity contribution >= 4 is 23.2 Å². The highest BCUT2D eigenvalue weighted by molar-refractivity contribution is 6.38. The van der Waals surface area contributed by atoms with Crippen LogP contribution in [0.1, 0.15) is 11.1 Å². The molecule has 0 fully saturated rings. The molecule has 2 aromatic carbocycles. The third-order valence-corrected chi connectivity index (χ3v) is 5.10. The Labute approximate surface area is 141 Å². The van der Waals surface area contributed by atoms with Gasteiger partial charge in [-0.3, -0.25) is 4.48 Å². The van der Waals surface area contributed by atoms with E-state index in [0.29, 0.717) is 14.8 Å². The lowest BCUT2D eigenvalue weighted by Gasteiger charge is -2.30. The summed E-state index contributed by atoms with van der Waals surface area (Å²) in [6.07, 6.45) is 0. The molecule has 0 saturated carbocycles. The molecule has 0 aliphatic carbocycles. The molecule has 0 spiro atoms. The van der Waals surface area contributed by atoms with Crippen LogP contribution in [0.4, 0.5) is 0 Å². The van der Waals surface area contributed by atoms with Crippen LogP contribution in [-0.2, 0) is 13.1 Å². The smallest absolute Gasteiger partial charge is 0.239 e. The largest absolute Gasteiger partial charge is 0.305 e. The average Bonchev–Trinajstić information content (AvgIpc) is 2.73. The second-order valence-corrected chi connectivity index (χ2v) is 6.66. The minimum absolute atomic E-state index is 0.608. The number of hydrogen-bond donors (Lipinski definition) is 0. The van der Waals surface area contributed by atoms with Gasteiger partial charge in [0.05, 0.1) is 7.05 Å². The third-order valence-electron chi connectivity index (χ3n) is 4.00. The number of benzene rings is 2. The maximum atomic E-state index is 6.56. The van der Waals surface area contributed by atoms with Crippen LogP contribution >= 0.6 is 23.2 Å². The van der Waals surface area contributed by atoms with Crippen LogP contribution in [-0.4, -0.2) is 23.1 Å². The Hall–Kier alpha value is -1.48. The van der Waals surface area contributed by atoms with Crippen molar-refractivity contribution in [3.63, 3.8) is 0 Å². The summed E-state index contributed by atoms with van der Waals surface area (Å²) in [6, 6.07) is 20.7. The molecule has 3 rings (SSSR count). The minimum Gasteiger partial charge on any atom is -0.305 e. The maximum Gasteiger partial charge on any atom is 0.239 e. The van der Waals surface area contributed by atoms with Gasteiger partial charge < -0.3 is 4.90 Å². The molecule has 2 nitrogen and oxygen atoms in total. The first-order valence-corrected chi connectivity index (χ1v) is 8.07. The molecule has 0 N–H and O–H groups in total. The van der Waals surface area contributed by atoms with Crippen molar-refractivity contribution in [2.75, 3.05) is 13.7 Å². The average molecular weight is 334 g/mol. The van der Waals surface area contributed by atoms with Crippen molar-refractivity contribution < 1.29 is 4.48 Å². The van der Waals surface area contributed by atoms with Crippen molar-refractivity contribution in [2.45, 2.75) is 13.1 Å². The van der Waals surface area contributed by atoms with Gasteiger partial charge in [-0.1, -0.05) is 72.3 Å². The molecule has 1 unspecified atom stereocenters.